The minimum atomic E-state index is 0.667. The van der Waals surface area contributed by atoms with Crippen LogP contribution in [0.4, 0.5) is 5.69 Å². The molecule has 1 N–H and O–H groups in total. The highest BCUT2D eigenvalue weighted by Gasteiger charge is 2.20. The number of rotatable bonds is 3. The molecule has 1 aromatic heterocycles. The van der Waals surface area contributed by atoms with Crippen LogP contribution in [0.15, 0.2) is 18.3 Å². The highest BCUT2D eigenvalue weighted by atomic mass is 14.9. The highest BCUT2D eigenvalue weighted by molar-refractivity contribution is 5.43. The van der Waals surface area contributed by atoms with E-state index < -0.39 is 0 Å². The molecular formula is C14H22N2. The molecule has 1 saturated carbocycles. The summed E-state index contributed by atoms with van der Waals surface area (Å²) in [6.45, 7) is 4.35. The molecule has 2 atom stereocenters. The largest absolute Gasteiger partial charge is 0.382 e. The number of aromatic nitrogens is 1. The van der Waals surface area contributed by atoms with Gasteiger partial charge in [-0.15, -0.1) is 0 Å². The van der Waals surface area contributed by atoms with Gasteiger partial charge in [-0.05, 0) is 37.8 Å². The van der Waals surface area contributed by atoms with Gasteiger partial charge in [-0.1, -0.05) is 26.2 Å². The SMILES string of the molecule is CCC1CCCC(Nc2ccnc(C)c2)C1. The Morgan fingerprint density at radius 2 is 2.31 bits per heavy atom. The Labute approximate surface area is 98.5 Å². The first-order valence-electron chi connectivity index (χ1n) is 6.47. The molecule has 0 bridgehead atoms. The number of nitrogens with zero attached hydrogens (tertiary/aromatic N) is 1. The van der Waals surface area contributed by atoms with Gasteiger partial charge < -0.3 is 5.32 Å². The standard InChI is InChI=1S/C14H22N2/c1-3-12-5-4-6-13(10-12)16-14-7-8-15-11(2)9-14/h7-9,12-13H,3-6,10H2,1-2H3,(H,15,16). The second-order valence-electron chi connectivity index (χ2n) is 4.97. The molecule has 1 aliphatic rings. The fraction of sp³-hybridized carbons (Fsp3) is 0.643. The third-order valence-electron chi connectivity index (χ3n) is 3.63. The first-order valence-corrected chi connectivity index (χ1v) is 6.47. The summed E-state index contributed by atoms with van der Waals surface area (Å²) in [6, 6.07) is 4.87. The Morgan fingerprint density at radius 1 is 1.44 bits per heavy atom. The number of hydrogen-bond acceptors (Lipinski definition) is 2. The molecule has 2 unspecified atom stereocenters. The normalized spacial score (nSPS) is 25.4. The molecule has 2 nitrogen and oxygen atoms in total. The summed E-state index contributed by atoms with van der Waals surface area (Å²) in [4.78, 5) is 4.22. The van der Waals surface area contributed by atoms with E-state index in [2.05, 4.69) is 29.4 Å². The topological polar surface area (TPSA) is 24.9 Å². The lowest BCUT2D eigenvalue weighted by Crippen LogP contribution is -2.27. The Morgan fingerprint density at radius 3 is 3.06 bits per heavy atom. The van der Waals surface area contributed by atoms with Crippen LogP contribution in [0.25, 0.3) is 0 Å². The predicted molar refractivity (Wildman–Crippen MR) is 68.6 cm³/mol. The van der Waals surface area contributed by atoms with Crippen molar-refractivity contribution in [3.8, 4) is 0 Å². The second kappa shape index (κ2) is 5.33. The maximum absolute atomic E-state index is 4.22. The van der Waals surface area contributed by atoms with Crippen LogP contribution in [0.3, 0.4) is 0 Å². The van der Waals surface area contributed by atoms with E-state index in [1.807, 2.05) is 13.1 Å². The minimum Gasteiger partial charge on any atom is -0.382 e. The predicted octanol–water partition coefficient (Wildman–Crippen LogP) is 3.77. The number of aryl methyl sites for hydroxylation is 1. The van der Waals surface area contributed by atoms with Crippen LogP contribution < -0.4 is 5.32 Å². The molecule has 0 saturated heterocycles. The molecule has 0 aliphatic heterocycles. The van der Waals surface area contributed by atoms with Gasteiger partial charge in [0.05, 0.1) is 0 Å². The van der Waals surface area contributed by atoms with E-state index in [4.69, 9.17) is 0 Å². The van der Waals surface area contributed by atoms with Gasteiger partial charge in [-0.3, -0.25) is 4.98 Å². The van der Waals surface area contributed by atoms with Gasteiger partial charge in [0.25, 0.3) is 0 Å². The Kier molecular flexibility index (Phi) is 3.81. The number of nitrogens with one attached hydrogen (secondary N) is 1. The summed E-state index contributed by atoms with van der Waals surface area (Å²) in [7, 11) is 0. The lowest BCUT2D eigenvalue weighted by atomic mass is 9.84. The van der Waals surface area contributed by atoms with Crippen LogP contribution in [0, 0.1) is 12.8 Å². The van der Waals surface area contributed by atoms with Crippen molar-refractivity contribution in [3.05, 3.63) is 24.0 Å². The zero-order chi connectivity index (χ0) is 11.4. The Balaban J connectivity index is 1.94. The summed E-state index contributed by atoms with van der Waals surface area (Å²) in [5.41, 5.74) is 2.32. The molecule has 16 heavy (non-hydrogen) atoms. The van der Waals surface area contributed by atoms with E-state index in [-0.39, 0.29) is 0 Å². The van der Waals surface area contributed by atoms with Crippen molar-refractivity contribution in [2.75, 3.05) is 5.32 Å². The fourth-order valence-electron chi connectivity index (χ4n) is 2.66. The van der Waals surface area contributed by atoms with E-state index in [0.717, 1.165) is 11.6 Å². The quantitative estimate of drug-likeness (QED) is 0.835. The van der Waals surface area contributed by atoms with Crippen molar-refractivity contribution in [2.24, 2.45) is 5.92 Å². The Hall–Kier alpha value is -1.05. The number of hydrogen-bond donors (Lipinski definition) is 1. The van der Waals surface area contributed by atoms with Crippen LogP contribution in [0.2, 0.25) is 0 Å². The smallest absolute Gasteiger partial charge is 0.0393 e. The minimum absolute atomic E-state index is 0.667. The van der Waals surface area contributed by atoms with Crippen molar-refractivity contribution >= 4 is 5.69 Å². The lowest BCUT2D eigenvalue weighted by Gasteiger charge is -2.29. The molecule has 1 fully saturated rings. The molecule has 2 rings (SSSR count). The Bertz CT molecular complexity index is 335. The molecule has 0 radical (unpaired) electrons. The molecule has 1 aliphatic carbocycles. The number of anilines is 1. The lowest BCUT2D eigenvalue weighted by molar-refractivity contribution is 0.327. The summed E-state index contributed by atoms with van der Waals surface area (Å²) in [5, 5.41) is 3.65. The van der Waals surface area contributed by atoms with Gasteiger partial charge in [0.2, 0.25) is 0 Å². The van der Waals surface area contributed by atoms with E-state index in [1.54, 1.807) is 0 Å². The molecule has 0 spiro atoms. The van der Waals surface area contributed by atoms with Gasteiger partial charge >= 0.3 is 0 Å². The van der Waals surface area contributed by atoms with Crippen molar-refractivity contribution in [1.82, 2.24) is 4.98 Å². The average molecular weight is 218 g/mol. The van der Waals surface area contributed by atoms with Crippen LogP contribution in [0.5, 0.6) is 0 Å². The van der Waals surface area contributed by atoms with Crippen LogP contribution >= 0.6 is 0 Å². The van der Waals surface area contributed by atoms with E-state index in [9.17, 15) is 0 Å². The summed E-state index contributed by atoms with van der Waals surface area (Å²) in [6.07, 6.45) is 8.66. The zero-order valence-electron chi connectivity index (χ0n) is 10.4. The van der Waals surface area contributed by atoms with Gasteiger partial charge in [0, 0.05) is 23.6 Å². The summed E-state index contributed by atoms with van der Waals surface area (Å²) in [5.74, 6) is 0.925. The van der Waals surface area contributed by atoms with Crippen LogP contribution in [0.1, 0.15) is 44.7 Å². The van der Waals surface area contributed by atoms with Crippen LogP contribution in [-0.4, -0.2) is 11.0 Å². The van der Waals surface area contributed by atoms with Crippen molar-refractivity contribution in [3.63, 3.8) is 0 Å². The molecule has 0 aromatic carbocycles. The molecule has 88 valence electrons. The second-order valence-corrected chi connectivity index (χ2v) is 4.97. The van der Waals surface area contributed by atoms with E-state index in [1.165, 1.54) is 37.8 Å². The molecular weight excluding hydrogens is 196 g/mol. The van der Waals surface area contributed by atoms with E-state index in [0.29, 0.717) is 6.04 Å². The van der Waals surface area contributed by atoms with Crippen LogP contribution in [-0.2, 0) is 0 Å². The van der Waals surface area contributed by atoms with Gasteiger partial charge in [-0.25, -0.2) is 0 Å². The van der Waals surface area contributed by atoms with Crippen molar-refractivity contribution < 1.29 is 0 Å². The van der Waals surface area contributed by atoms with Gasteiger partial charge in [-0.2, -0.15) is 0 Å². The first-order chi connectivity index (χ1) is 7.78. The molecule has 0 amide bonds. The third kappa shape index (κ3) is 2.97. The molecule has 1 heterocycles. The van der Waals surface area contributed by atoms with Crippen molar-refractivity contribution in [1.29, 1.82) is 0 Å². The monoisotopic (exact) mass is 218 g/mol. The zero-order valence-corrected chi connectivity index (χ0v) is 10.4. The van der Waals surface area contributed by atoms with E-state index >= 15 is 0 Å². The fourth-order valence-corrected chi connectivity index (χ4v) is 2.66. The molecule has 2 heteroatoms. The average Bonchev–Trinajstić information content (AvgIpc) is 2.29. The van der Waals surface area contributed by atoms with Crippen molar-refractivity contribution in [2.45, 2.75) is 52.0 Å². The summed E-state index contributed by atoms with van der Waals surface area (Å²) < 4.78 is 0. The first kappa shape index (κ1) is 11.4. The maximum Gasteiger partial charge on any atom is 0.0393 e. The van der Waals surface area contributed by atoms with Gasteiger partial charge in [0.1, 0.15) is 0 Å². The molecule has 1 aromatic rings. The highest BCUT2D eigenvalue weighted by Crippen LogP contribution is 2.28. The number of pyridine rings is 1. The van der Waals surface area contributed by atoms with Gasteiger partial charge in [0.15, 0.2) is 0 Å². The summed E-state index contributed by atoms with van der Waals surface area (Å²) >= 11 is 0. The third-order valence-corrected chi connectivity index (χ3v) is 3.63. The maximum atomic E-state index is 4.22.